The van der Waals surface area contributed by atoms with E-state index in [0.29, 0.717) is 37.6 Å². The van der Waals surface area contributed by atoms with Crippen molar-refractivity contribution in [3.05, 3.63) is 47.8 Å². The summed E-state index contributed by atoms with van der Waals surface area (Å²) in [6, 6.07) is 7.01. The van der Waals surface area contributed by atoms with E-state index in [-0.39, 0.29) is 17.5 Å². The van der Waals surface area contributed by atoms with Crippen molar-refractivity contribution in [1.29, 1.82) is 0 Å². The van der Waals surface area contributed by atoms with Gasteiger partial charge in [0.2, 0.25) is 11.9 Å². The van der Waals surface area contributed by atoms with E-state index in [1.165, 1.54) is 13.2 Å². The molecule has 2 aliphatic heterocycles. The average Bonchev–Trinajstić information content (AvgIpc) is 3.28. The Morgan fingerprint density at radius 3 is 2.51 bits per heavy atom. The molecule has 0 aliphatic carbocycles. The SMILES string of the molecule is COc1ccc(C2OC(=O)N(c3cc(-c4cnc(N)nc4C(F)(F)F)nc(N4CCOCC4)n3)C2CO)cc1. The second-order valence-electron chi connectivity index (χ2n) is 8.70. The first-order valence-corrected chi connectivity index (χ1v) is 11.9. The third-order valence-electron chi connectivity index (χ3n) is 6.33. The van der Waals surface area contributed by atoms with Crippen molar-refractivity contribution >= 4 is 23.8 Å². The van der Waals surface area contributed by atoms with Crippen molar-refractivity contribution in [2.75, 3.05) is 55.6 Å². The largest absolute Gasteiger partial charge is 0.497 e. The van der Waals surface area contributed by atoms with E-state index in [9.17, 15) is 23.1 Å². The molecule has 2 saturated heterocycles. The number of nitrogens with zero attached hydrogens (tertiary/aromatic N) is 6. The Kier molecular flexibility index (Phi) is 7.10. The van der Waals surface area contributed by atoms with Crippen LogP contribution in [0.1, 0.15) is 17.4 Å². The van der Waals surface area contributed by atoms with E-state index in [0.717, 1.165) is 11.1 Å². The molecule has 2 fully saturated rings. The van der Waals surface area contributed by atoms with Crippen LogP contribution >= 0.6 is 0 Å². The summed E-state index contributed by atoms with van der Waals surface area (Å²) in [4.78, 5) is 31.9. The summed E-state index contributed by atoms with van der Waals surface area (Å²) in [6.07, 6.45) is -5.66. The Morgan fingerprint density at radius 1 is 1.15 bits per heavy atom. The van der Waals surface area contributed by atoms with Gasteiger partial charge in [0.1, 0.15) is 17.6 Å². The lowest BCUT2D eigenvalue weighted by molar-refractivity contribution is -0.140. The Hall–Kier alpha value is -4.24. The zero-order valence-corrected chi connectivity index (χ0v) is 20.6. The third-order valence-corrected chi connectivity index (χ3v) is 6.33. The molecule has 2 aliphatic rings. The number of methoxy groups -OCH3 is 1. The monoisotopic (exact) mass is 547 g/mol. The maximum Gasteiger partial charge on any atom is 0.434 e. The summed E-state index contributed by atoms with van der Waals surface area (Å²) in [5.41, 5.74) is 4.10. The number of amides is 1. The topological polar surface area (TPSA) is 149 Å². The van der Waals surface area contributed by atoms with Crippen LogP contribution in [-0.2, 0) is 15.7 Å². The fourth-order valence-corrected chi connectivity index (χ4v) is 4.43. The number of nitrogens with two attached hydrogens (primary N) is 1. The molecule has 206 valence electrons. The van der Waals surface area contributed by atoms with Crippen molar-refractivity contribution in [2.45, 2.75) is 18.3 Å². The number of benzene rings is 1. The van der Waals surface area contributed by atoms with Gasteiger partial charge in [-0.15, -0.1) is 0 Å². The minimum Gasteiger partial charge on any atom is -0.497 e. The maximum absolute atomic E-state index is 13.9. The number of hydrogen-bond acceptors (Lipinski definition) is 11. The molecule has 3 N–H and O–H groups in total. The second kappa shape index (κ2) is 10.5. The number of carbonyl (C=O) groups is 1. The van der Waals surface area contributed by atoms with Gasteiger partial charge in [0.15, 0.2) is 11.8 Å². The molecule has 0 radical (unpaired) electrons. The Balaban J connectivity index is 1.62. The molecule has 39 heavy (non-hydrogen) atoms. The lowest BCUT2D eigenvalue weighted by Gasteiger charge is -2.29. The Morgan fingerprint density at radius 2 is 1.87 bits per heavy atom. The van der Waals surface area contributed by atoms with Gasteiger partial charge in [-0.2, -0.15) is 18.2 Å². The first-order chi connectivity index (χ1) is 18.7. The molecule has 4 heterocycles. The number of rotatable bonds is 6. The smallest absolute Gasteiger partial charge is 0.434 e. The van der Waals surface area contributed by atoms with Crippen molar-refractivity contribution in [1.82, 2.24) is 19.9 Å². The van der Waals surface area contributed by atoms with Crippen LogP contribution in [0.5, 0.6) is 5.75 Å². The molecule has 1 aromatic carbocycles. The predicted octanol–water partition coefficient (Wildman–Crippen LogP) is 2.44. The number of morpholine rings is 1. The van der Waals surface area contributed by atoms with Gasteiger partial charge in [-0.1, -0.05) is 12.1 Å². The molecule has 0 spiro atoms. The summed E-state index contributed by atoms with van der Waals surface area (Å²) in [5, 5.41) is 10.3. The molecule has 3 aromatic rings. The first-order valence-electron chi connectivity index (χ1n) is 11.9. The van der Waals surface area contributed by atoms with Crippen molar-refractivity contribution < 1.29 is 37.3 Å². The fourth-order valence-electron chi connectivity index (χ4n) is 4.43. The van der Waals surface area contributed by atoms with Crippen LogP contribution in [0.4, 0.5) is 35.7 Å². The van der Waals surface area contributed by atoms with Crippen LogP contribution < -0.4 is 20.3 Å². The molecule has 5 rings (SSSR count). The van der Waals surface area contributed by atoms with E-state index in [2.05, 4.69) is 19.9 Å². The highest BCUT2D eigenvalue weighted by Crippen LogP contribution is 2.39. The number of hydrogen-bond donors (Lipinski definition) is 2. The lowest BCUT2D eigenvalue weighted by Crippen LogP contribution is -2.40. The van der Waals surface area contributed by atoms with Gasteiger partial charge in [0, 0.05) is 30.9 Å². The van der Waals surface area contributed by atoms with Gasteiger partial charge >= 0.3 is 12.3 Å². The van der Waals surface area contributed by atoms with E-state index >= 15 is 0 Å². The highest BCUT2D eigenvalue weighted by Gasteiger charge is 2.45. The molecule has 2 atom stereocenters. The van der Waals surface area contributed by atoms with E-state index in [1.54, 1.807) is 29.2 Å². The number of aliphatic hydroxyl groups excluding tert-OH is 1. The lowest BCUT2D eigenvalue weighted by atomic mass is 10.0. The molecule has 12 nitrogen and oxygen atoms in total. The quantitative estimate of drug-likeness (QED) is 0.469. The van der Waals surface area contributed by atoms with E-state index in [1.807, 2.05) is 0 Å². The molecule has 0 bridgehead atoms. The van der Waals surface area contributed by atoms with Crippen LogP contribution in [0.25, 0.3) is 11.3 Å². The molecule has 15 heteroatoms. The standard InChI is InChI=1S/C24H24F3N7O5/c1-37-14-4-2-13(3-5-14)19-17(12-35)34(23(36)39-19)18-10-16(30-22(31-18)33-6-8-38-9-7-33)15-11-29-21(28)32-20(15)24(25,26)27/h2-5,10-11,17,19,35H,6-9,12H2,1H3,(H2,28,29,32). The molecule has 0 saturated carbocycles. The minimum atomic E-state index is -4.86. The Bertz CT molecular complexity index is 1350. The van der Waals surface area contributed by atoms with Gasteiger partial charge in [0.05, 0.1) is 32.6 Å². The Labute approximate surface area is 220 Å². The number of cyclic esters (lactones) is 1. The van der Waals surface area contributed by atoms with Crippen LogP contribution in [0.2, 0.25) is 0 Å². The number of anilines is 3. The first kappa shape index (κ1) is 26.4. The molecular formula is C24H24F3N7O5. The number of alkyl halides is 3. The van der Waals surface area contributed by atoms with Crippen LogP contribution in [-0.4, -0.2) is 77.2 Å². The zero-order chi connectivity index (χ0) is 27.7. The molecular weight excluding hydrogens is 523 g/mol. The van der Waals surface area contributed by atoms with Crippen molar-refractivity contribution in [2.24, 2.45) is 0 Å². The normalized spacial score (nSPS) is 19.8. The van der Waals surface area contributed by atoms with Crippen LogP contribution in [0.3, 0.4) is 0 Å². The number of carbonyl (C=O) groups excluding carboxylic acids is 1. The number of halogens is 3. The third kappa shape index (κ3) is 5.22. The molecule has 2 unspecified atom stereocenters. The summed E-state index contributed by atoms with van der Waals surface area (Å²) in [6.45, 7) is 0.928. The maximum atomic E-state index is 13.9. The fraction of sp³-hybridized carbons (Fsp3) is 0.375. The minimum absolute atomic E-state index is 0.0631. The highest BCUT2D eigenvalue weighted by atomic mass is 19.4. The number of ether oxygens (including phenoxy) is 3. The molecule has 1 amide bonds. The predicted molar refractivity (Wildman–Crippen MR) is 131 cm³/mol. The number of aromatic nitrogens is 4. The number of nitrogen functional groups attached to an aromatic ring is 1. The average molecular weight is 547 g/mol. The summed E-state index contributed by atoms with van der Waals surface area (Å²) >= 11 is 0. The van der Waals surface area contributed by atoms with Crippen LogP contribution in [0.15, 0.2) is 36.5 Å². The number of aliphatic hydroxyl groups is 1. The van der Waals surface area contributed by atoms with E-state index in [4.69, 9.17) is 19.9 Å². The highest BCUT2D eigenvalue weighted by molar-refractivity contribution is 5.91. The summed E-state index contributed by atoms with van der Waals surface area (Å²) in [7, 11) is 1.51. The zero-order valence-electron chi connectivity index (χ0n) is 20.6. The van der Waals surface area contributed by atoms with Gasteiger partial charge in [-0.3, -0.25) is 4.90 Å². The van der Waals surface area contributed by atoms with Crippen molar-refractivity contribution in [3.8, 4) is 17.0 Å². The molecule has 2 aromatic heterocycles. The summed E-state index contributed by atoms with van der Waals surface area (Å²) in [5.74, 6) is 0.0291. The van der Waals surface area contributed by atoms with Crippen molar-refractivity contribution in [3.63, 3.8) is 0 Å². The summed E-state index contributed by atoms with van der Waals surface area (Å²) < 4.78 is 57.8. The van der Waals surface area contributed by atoms with Crippen LogP contribution in [0, 0.1) is 0 Å². The van der Waals surface area contributed by atoms with E-state index < -0.39 is 48.2 Å². The van der Waals surface area contributed by atoms with Gasteiger partial charge in [-0.05, 0) is 17.7 Å². The van der Waals surface area contributed by atoms with Gasteiger partial charge in [0.25, 0.3) is 0 Å². The van der Waals surface area contributed by atoms with Gasteiger partial charge in [-0.25, -0.2) is 19.7 Å². The van der Waals surface area contributed by atoms with Gasteiger partial charge < -0.3 is 30.0 Å². The second-order valence-corrected chi connectivity index (χ2v) is 8.70.